The van der Waals surface area contributed by atoms with E-state index in [1.165, 1.54) is 23.5 Å². The molecule has 0 unspecified atom stereocenters. The topological polar surface area (TPSA) is 80.9 Å². The van der Waals surface area contributed by atoms with Gasteiger partial charge in [-0.15, -0.1) is 11.3 Å². The Morgan fingerprint density at radius 3 is 2.70 bits per heavy atom. The fourth-order valence-electron chi connectivity index (χ4n) is 3.15. The zero-order valence-corrected chi connectivity index (χ0v) is 16.9. The average Bonchev–Trinajstić information content (AvgIpc) is 3.33. The highest BCUT2D eigenvalue weighted by Crippen LogP contribution is 2.41. The van der Waals surface area contributed by atoms with Gasteiger partial charge in [0.05, 0.1) is 5.69 Å². The molecule has 1 N–H and O–H groups in total. The molecular formula is C22H17FN4O2S. The Morgan fingerprint density at radius 2 is 1.97 bits per heavy atom. The summed E-state index contributed by atoms with van der Waals surface area (Å²) in [4.78, 5) is 26.3. The molecule has 4 aromatic rings. The molecular weight excluding hydrogens is 403 g/mol. The number of anilines is 1. The summed E-state index contributed by atoms with van der Waals surface area (Å²) < 4.78 is 19.1. The summed E-state index contributed by atoms with van der Waals surface area (Å²) in [5.74, 6) is 0.102. The number of thiazole rings is 1. The molecule has 3 aromatic heterocycles. The van der Waals surface area contributed by atoms with Gasteiger partial charge in [0.2, 0.25) is 5.76 Å². The number of amides is 1. The van der Waals surface area contributed by atoms with Gasteiger partial charge >= 0.3 is 0 Å². The van der Waals surface area contributed by atoms with E-state index in [1.54, 1.807) is 18.3 Å². The summed E-state index contributed by atoms with van der Waals surface area (Å²) in [6.45, 7) is 1.96. The van der Waals surface area contributed by atoms with Crippen LogP contribution < -0.4 is 5.32 Å². The van der Waals surface area contributed by atoms with Gasteiger partial charge in [0.1, 0.15) is 17.2 Å². The van der Waals surface area contributed by atoms with Crippen molar-refractivity contribution in [1.82, 2.24) is 15.0 Å². The first-order valence-corrected chi connectivity index (χ1v) is 10.4. The maximum Gasteiger partial charge on any atom is 0.295 e. The molecule has 1 fully saturated rings. The summed E-state index contributed by atoms with van der Waals surface area (Å²) >= 11 is 1.31. The van der Waals surface area contributed by atoms with Gasteiger partial charge in [0, 0.05) is 23.1 Å². The Bertz CT molecular complexity index is 1230. The highest BCUT2D eigenvalue weighted by Gasteiger charge is 2.32. The molecule has 0 saturated heterocycles. The van der Waals surface area contributed by atoms with E-state index in [0.29, 0.717) is 28.0 Å². The van der Waals surface area contributed by atoms with Crippen LogP contribution in [-0.4, -0.2) is 20.9 Å². The van der Waals surface area contributed by atoms with E-state index in [2.05, 4.69) is 20.3 Å². The van der Waals surface area contributed by atoms with Crippen molar-refractivity contribution in [3.8, 4) is 22.6 Å². The van der Waals surface area contributed by atoms with Crippen molar-refractivity contribution in [3.63, 3.8) is 0 Å². The van der Waals surface area contributed by atoms with Crippen LogP contribution in [0.15, 0.2) is 52.4 Å². The molecule has 150 valence electrons. The van der Waals surface area contributed by atoms with Crippen LogP contribution in [0, 0.1) is 12.7 Å². The van der Waals surface area contributed by atoms with Gasteiger partial charge in [-0.05, 0) is 55.7 Å². The van der Waals surface area contributed by atoms with E-state index >= 15 is 0 Å². The van der Waals surface area contributed by atoms with Crippen LogP contribution in [0.5, 0.6) is 0 Å². The Morgan fingerprint density at radius 1 is 1.17 bits per heavy atom. The van der Waals surface area contributed by atoms with Gasteiger partial charge in [-0.2, -0.15) is 0 Å². The molecule has 0 atom stereocenters. The Balaban J connectivity index is 1.44. The van der Waals surface area contributed by atoms with Crippen molar-refractivity contribution in [2.75, 3.05) is 5.32 Å². The molecule has 0 spiro atoms. The number of pyridine rings is 1. The number of nitrogens with zero attached hydrogens (tertiary/aromatic N) is 3. The van der Waals surface area contributed by atoms with E-state index in [0.717, 1.165) is 24.1 Å². The number of halogens is 1. The number of carbonyl (C=O) groups excluding carboxylic acids is 1. The standard InChI is InChI=1S/C22H17FN4O2S/c1-12-3-2-10-24-17(12)16-11-30-22(25-16)27-20(28)19-18(13-6-8-15(23)9-7-13)26-21(29-19)14-4-5-14/h2-3,6-11,14H,4-5H2,1H3,(H,25,27,28). The van der Waals surface area contributed by atoms with Crippen LogP contribution in [0.4, 0.5) is 9.52 Å². The zero-order chi connectivity index (χ0) is 20.7. The first kappa shape index (κ1) is 18.6. The Labute approximate surface area is 175 Å². The first-order valence-electron chi connectivity index (χ1n) is 9.54. The quantitative estimate of drug-likeness (QED) is 0.465. The maximum absolute atomic E-state index is 13.3. The van der Waals surface area contributed by atoms with Crippen LogP contribution in [0.1, 0.15) is 40.8 Å². The van der Waals surface area contributed by atoms with Crippen LogP contribution in [0.2, 0.25) is 0 Å². The third-order valence-corrected chi connectivity index (χ3v) is 5.63. The lowest BCUT2D eigenvalue weighted by atomic mass is 10.1. The van der Waals surface area contributed by atoms with Crippen molar-refractivity contribution in [2.45, 2.75) is 25.7 Å². The van der Waals surface area contributed by atoms with E-state index in [4.69, 9.17) is 4.42 Å². The second kappa shape index (κ2) is 7.46. The Hall–Kier alpha value is -3.39. The number of aryl methyl sites for hydroxylation is 1. The zero-order valence-electron chi connectivity index (χ0n) is 16.1. The number of hydrogen-bond donors (Lipinski definition) is 1. The summed E-state index contributed by atoms with van der Waals surface area (Å²) in [5, 5.41) is 5.08. The number of oxazole rings is 1. The van der Waals surface area contributed by atoms with E-state index in [9.17, 15) is 9.18 Å². The van der Waals surface area contributed by atoms with Gasteiger partial charge in [-0.1, -0.05) is 6.07 Å². The number of rotatable bonds is 5. The molecule has 0 aliphatic heterocycles. The normalized spacial score (nSPS) is 13.4. The number of hydrogen-bond acceptors (Lipinski definition) is 6. The molecule has 1 aromatic carbocycles. The SMILES string of the molecule is Cc1cccnc1-c1csc(NC(=O)c2oc(C3CC3)nc2-c2ccc(F)cc2)n1. The molecule has 1 aliphatic carbocycles. The molecule has 0 radical (unpaired) electrons. The molecule has 8 heteroatoms. The fourth-order valence-corrected chi connectivity index (χ4v) is 3.84. The van der Waals surface area contributed by atoms with E-state index < -0.39 is 5.91 Å². The van der Waals surface area contributed by atoms with E-state index in [-0.39, 0.29) is 17.5 Å². The van der Waals surface area contributed by atoms with Gasteiger partial charge in [-0.3, -0.25) is 15.1 Å². The molecule has 3 heterocycles. The van der Waals surface area contributed by atoms with Crippen LogP contribution in [0.25, 0.3) is 22.6 Å². The van der Waals surface area contributed by atoms with E-state index in [1.807, 2.05) is 24.4 Å². The van der Waals surface area contributed by atoms with Crippen LogP contribution in [0.3, 0.4) is 0 Å². The maximum atomic E-state index is 13.3. The first-order chi connectivity index (χ1) is 14.6. The highest BCUT2D eigenvalue weighted by atomic mass is 32.1. The van der Waals surface area contributed by atoms with Crippen molar-refractivity contribution >= 4 is 22.4 Å². The van der Waals surface area contributed by atoms with Crippen molar-refractivity contribution in [2.24, 2.45) is 0 Å². The number of carbonyl (C=O) groups is 1. The monoisotopic (exact) mass is 420 g/mol. The summed E-state index contributed by atoms with van der Waals surface area (Å²) in [6.07, 6.45) is 3.69. The molecule has 1 aliphatic rings. The molecule has 1 saturated carbocycles. The minimum absolute atomic E-state index is 0.106. The number of benzene rings is 1. The fraction of sp³-hybridized carbons (Fsp3) is 0.182. The van der Waals surface area contributed by atoms with Gasteiger partial charge in [0.25, 0.3) is 5.91 Å². The largest absolute Gasteiger partial charge is 0.435 e. The Kier molecular flexibility index (Phi) is 4.63. The predicted octanol–water partition coefficient (Wildman–Crippen LogP) is 5.44. The summed E-state index contributed by atoms with van der Waals surface area (Å²) in [7, 11) is 0. The molecule has 0 bridgehead atoms. The van der Waals surface area contributed by atoms with Gasteiger partial charge in [-0.25, -0.2) is 14.4 Å². The van der Waals surface area contributed by atoms with Crippen molar-refractivity contribution < 1.29 is 13.6 Å². The molecule has 6 nitrogen and oxygen atoms in total. The highest BCUT2D eigenvalue weighted by molar-refractivity contribution is 7.14. The second-order valence-electron chi connectivity index (χ2n) is 7.17. The van der Waals surface area contributed by atoms with Crippen LogP contribution in [-0.2, 0) is 0 Å². The minimum Gasteiger partial charge on any atom is -0.435 e. The summed E-state index contributed by atoms with van der Waals surface area (Å²) in [5.41, 5.74) is 3.51. The predicted molar refractivity (Wildman–Crippen MR) is 112 cm³/mol. The summed E-state index contributed by atoms with van der Waals surface area (Å²) in [6, 6.07) is 9.68. The molecule has 1 amide bonds. The van der Waals surface area contributed by atoms with Crippen molar-refractivity contribution in [1.29, 1.82) is 0 Å². The molecule has 30 heavy (non-hydrogen) atoms. The smallest absolute Gasteiger partial charge is 0.295 e. The lowest BCUT2D eigenvalue weighted by Gasteiger charge is -2.02. The minimum atomic E-state index is -0.438. The van der Waals surface area contributed by atoms with Crippen molar-refractivity contribution in [3.05, 3.63) is 71.0 Å². The van der Waals surface area contributed by atoms with Gasteiger partial charge in [0.15, 0.2) is 11.0 Å². The molecule has 5 rings (SSSR count). The average molecular weight is 420 g/mol. The van der Waals surface area contributed by atoms with Gasteiger partial charge < -0.3 is 4.42 Å². The third kappa shape index (κ3) is 3.61. The van der Waals surface area contributed by atoms with Crippen LogP contribution >= 0.6 is 11.3 Å². The lowest BCUT2D eigenvalue weighted by Crippen LogP contribution is -2.12. The lowest BCUT2D eigenvalue weighted by molar-refractivity contribution is 0.0995. The third-order valence-electron chi connectivity index (χ3n) is 4.87. The second-order valence-corrected chi connectivity index (χ2v) is 8.03. The number of nitrogens with one attached hydrogen (secondary N) is 1. The number of aromatic nitrogens is 3.